The van der Waals surface area contributed by atoms with Crippen molar-refractivity contribution in [2.24, 2.45) is 5.92 Å². The predicted molar refractivity (Wildman–Crippen MR) is 47.7 cm³/mol. The third-order valence-electron chi connectivity index (χ3n) is 2.67. The molecule has 0 aromatic rings. The predicted octanol–water partition coefficient (Wildman–Crippen LogP) is 2.24. The first kappa shape index (κ1) is 10.3. The average molecular weight is 217 g/mol. The zero-order chi connectivity index (χ0) is 11.1. The summed E-state index contributed by atoms with van der Waals surface area (Å²) >= 11 is 0. The SMILES string of the molecule is O=C(N1CCC2C=CCC=C21)C(F)(F)F. The van der Waals surface area contributed by atoms with E-state index in [0.29, 0.717) is 18.5 Å². The van der Waals surface area contributed by atoms with Gasteiger partial charge in [0.05, 0.1) is 0 Å². The Bertz CT molecular complexity index is 343. The van der Waals surface area contributed by atoms with Crippen LogP contribution in [0.4, 0.5) is 13.2 Å². The van der Waals surface area contributed by atoms with Crippen molar-refractivity contribution in [2.75, 3.05) is 6.54 Å². The van der Waals surface area contributed by atoms with Crippen LogP contribution in [0.2, 0.25) is 0 Å². The van der Waals surface area contributed by atoms with E-state index in [9.17, 15) is 18.0 Å². The van der Waals surface area contributed by atoms with E-state index in [1.807, 2.05) is 12.2 Å². The number of carbonyl (C=O) groups excluding carboxylic acids is 1. The topological polar surface area (TPSA) is 20.3 Å². The Morgan fingerprint density at radius 1 is 1.47 bits per heavy atom. The van der Waals surface area contributed by atoms with Gasteiger partial charge in [0.25, 0.3) is 0 Å². The van der Waals surface area contributed by atoms with Crippen LogP contribution in [0, 0.1) is 5.92 Å². The Balaban J connectivity index is 2.19. The smallest absolute Gasteiger partial charge is 0.308 e. The van der Waals surface area contributed by atoms with Crippen molar-refractivity contribution in [2.45, 2.75) is 19.0 Å². The number of hydrogen-bond donors (Lipinski definition) is 0. The number of likely N-dealkylation sites (tertiary alicyclic amines) is 1. The van der Waals surface area contributed by atoms with Crippen molar-refractivity contribution >= 4 is 5.91 Å². The van der Waals surface area contributed by atoms with Gasteiger partial charge in [-0.05, 0) is 12.8 Å². The molecule has 1 aliphatic heterocycles. The molecule has 1 heterocycles. The molecule has 0 aromatic carbocycles. The molecular weight excluding hydrogens is 207 g/mol. The molecule has 1 amide bonds. The summed E-state index contributed by atoms with van der Waals surface area (Å²) in [4.78, 5) is 11.9. The first-order chi connectivity index (χ1) is 7.00. The summed E-state index contributed by atoms with van der Waals surface area (Å²) in [7, 11) is 0. The van der Waals surface area contributed by atoms with Gasteiger partial charge in [-0.15, -0.1) is 0 Å². The molecule has 2 aliphatic rings. The largest absolute Gasteiger partial charge is 0.471 e. The van der Waals surface area contributed by atoms with Crippen LogP contribution in [0.15, 0.2) is 23.9 Å². The lowest BCUT2D eigenvalue weighted by Crippen LogP contribution is -2.38. The van der Waals surface area contributed by atoms with Gasteiger partial charge in [0.15, 0.2) is 0 Å². The van der Waals surface area contributed by atoms with Gasteiger partial charge in [-0.3, -0.25) is 4.79 Å². The summed E-state index contributed by atoms with van der Waals surface area (Å²) in [5.74, 6) is -1.75. The Morgan fingerprint density at radius 3 is 2.87 bits per heavy atom. The van der Waals surface area contributed by atoms with Gasteiger partial charge in [0.2, 0.25) is 0 Å². The zero-order valence-corrected chi connectivity index (χ0v) is 7.92. The highest BCUT2D eigenvalue weighted by molar-refractivity contribution is 5.84. The van der Waals surface area contributed by atoms with Gasteiger partial charge >= 0.3 is 12.1 Å². The van der Waals surface area contributed by atoms with Crippen LogP contribution < -0.4 is 0 Å². The normalized spacial score (nSPS) is 25.1. The number of carbonyl (C=O) groups is 1. The van der Waals surface area contributed by atoms with Crippen molar-refractivity contribution in [3.63, 3.8) is 0 Å². The second-order valence-electron chi connectivity index (χ2n) is 3.64. The summed E-state index contributed by atoms with van der Waals surface area (Å²) in [6.45, 7) is 0.166. The maximum atomic E-state index is 12.2. The standard InChI is InChI=1S/C10H10F3NO/c11-10(12,13)9(15)14-6-5-7-3-1-2-4-8(7)14/h1,3-4,7H,2,5-6H2. The van der Waals surface area contributed by atoms with E-state index >= 15 is 0 Å². The number of amides is 1. The van der Waals surface area contributed by atoms with Crippen molar-refractivity contribution < 1.29 is 18.0 Å². The molecule has 2 rings (SSSR count). The Morgan fingerprint density at radius 2 is 2.20 bits per heavy atom. The fourth-order valence-corrected chi connectivity index (χ4v) is 2.01. The van der Waals surface area contributed by atoms with Crippen LogP contribution in [0.3, 0.4) is 0 Å². The molecule has 0 saturated carbocycles. The molecule has 0 spiro atoms. The number of fused-ring (bicyclic) bond motifs is 1. The fraction of sp³-hybridized carbons (Fsp3) is 0.500. The first-order valence-corrected chi connectivity index (χ1v) is 4.75. The molecule has 1 unspecified atom stereocenters. The van der Waals surface area contributed by atoms with Crippen LogP contribution in [-0.4, -0.2) is 23.5 Å². The maximum absolute atomic E-state index is 12.2. The lowest BCUT2D eigenvalue weighted by Gasteiger charge is -2.22. The van der Waals surface area contributed by atoms with Crippen LogP contribution >= 0.6 is 0 Å². The summed E-state index contributed by atoms with van der Waals surface area (Å²) in [6, 6.07) is 0. The molecular formula is C10H10F3NO. The monoisotopic (exact) mass is 217 g/mol. The molecule has 15 heavy (non-hydrogen) atoms. The molecule has 0 N–H and O–H groups in total. The number of hydrogen-bond acceptors (Lipinski definition) is 1. The zero-order valence-electron chi connectivity index (χ0n) is 7.92. The van der Waals surface area contributed by atoms with Crippen molar-refractivity contribution in [1.82, 2.24) is 4.90 Å². The van der Waals surface area contributed by atoms with Crippen LogP contribution in [-0.2, 0) is 4.79 Å². The highest BCUT2D eigenvalue weighted by atomic mass is 19.4. The summed E-state index contributed by atoms with van der Waals surface area (Å²) < 4.78 is 36.7. The molecule has 0 bridgehead atoms. The minimum Gasteiger partial charge on any atom is -0.308 e. The molecule has 1 aliphatic carbocycles. The summed E-state index contributed by atoms with van der Waals surface area (Å²) in [6.07, 6.45) is 1.91. The average Bonchev–Trinajstić information content (AvgIpc) is 2.58. The number of halogens is 3. The molecule has 1 saturated heterocycles. The van der Waals surface area contributed by atoms with E-state index < -0.39 is 12.1 Å². The summed E-state index contributed by atoms with van der Waals surface area (Å²) in [5, 5.41) is 0. The van der Waals surface area contributed by atoms with Gasteiger partial charge in [-0.1, -0.05) is 18.2 Å². The van der Waals surface area contributed by atoms with Crippen molar-refractivity contribution in [1.29, 1.82) is 0 Å². The van der Waals surface area contributed by atoms with Crippen LogP contribution in [0.1, 0.15) is 12.8 Å². The molecule has 0 aromatic heterocycles. The molecule has 5 heteroatoms. The van der Waals surface area contributed by atoms with Gasteiger partial charge in [0, 0.05) is 18.2 Å². The Kier molecular flexibility index (Phi) is 2.32. The van der Waals surface area contributed by atoms with E-state index in [4.69, 9.17) is 0 Å². The van der Waals surface area contributed by atoms with E-state index in [-0.39, 0.29) is 12.5 Å². The fourth-order valence-electron chi connectivity index (χ4n) is 2.01. The molecule has 0 radical (unpaired) electrons. The number of alkyl halides is 3. The van der Waals surface area contributed by atoms with E-state index in [2.05, 4.69) is 0 Å². The van der Waals surface area contributed by atoms with E-state index in [1.54, 1.807) is 6.08 Å². The van der Waals surface area contributed by atoms with E-state index in [0.717, 1.165) is 4.90 Å². The minimum absolute atomic E-state index is 0.00921. The second kappa shape index (κ2) is 3.40. The molecule has 2 nitrogen and oxygen atoms in total. The molecule has 1 fully saturated rings. The summed E-state index contributed by atoms with van der Waals surface area (Å²) in [5.41, 5.74) is 0.514. The lowest BCUT2D eigenvalue weighted by atomic mass is 9.99. The second-order valence-corrected chi connectivity index (χ2v) is 3.64. The highest BCUT2D eigenvalue weighted by Crippen LogP contribution is 2.35. The van der Waals surface area contributed by atoms with Crippen molar-refractivity contribution in [3.05, 3.63) is 23.9 Å². The quantitative estimate of drug-likeness (QED) is 0.570. The van der Waals surface area contributed by atoms with Crippen LogP contribution in [0.5, 0.6) is 0 Å². The third-order valence-corrected chi connectivity index (χ3v) is 2.67. The minimum atomic E-state index is -4.77. The number of allylic oxidation sites excluding steroid dienone is 3. The van der Waals surface area contributed by atoms with Gasteiger partial charge < -0.3 is 4.90 Å². The Hall–Kier alpha value is -1.26. The van der Waals surface area contributed by atoms with Crippen molar-refractivity contribution in [3.8, 4) is 0 Å². The lowest BCUT2D eigenvalue weighted by molar-refractivity contribution is -0.182. The maximum Gasteiger partial charge on any atom is 0.471 e. The van der Waals surface area contributed by atoms with Gasteiger partial charge in [-0.25, -0.2) is 0 Å². The highest BCUT2D eigenvalue weighted by Gasteiger charge is 2.46. The Labute approximate surface area is 85.1 Å². The number of rotatable bonds is 0. The molecule has 82 valence electrons. The van der Waals surface area contributed by atoms with Gasteiger partial charge in [0.1, 0.15) is 0 Å². The molecule has 1 atom stereocenters. The van der Waals surface area contributed by atoms with E-state index in [1.165, 1.54) is 0 Å². The third kappa shape index (κ3) is 1.78. The first-order valence-electron chi connectivity index (χ1n) is 4.75. The number of nitrogens with zero attached hydrogens (tertiary/aromatic N) is 1. The van der Waals surface area contributed by atoms with Gasteiger partial charge in [-0.2, -0.15) is 13.2 Å². The van der Waals surface area contributed by atoms with Crippen LogP contribution in [0.25, 0.3) is 0 Å².